The number of aryl methyl sites for hydroxylation is 1. The van der Waals surface area contributed by atoms with E-state index in [1.807, 2.05) is 32.9 Å². The molecule has 1 amide bonds. The number of hydrogen-bond acceptors (Lipinski definition) is 4. The van der Waals surface area contributed by atoms with Crippen LogP contribution in [0.3, 0.4) is 0 Å². The number of hydrogen-bond donors (Lipinski definition) is 1. The molecule has 5 heteroatoms. The van der Waals surface area contributed by atoms with Gasteiger partial charge in [0.1, 0.15) is 5.76 Å². The topological polar surface area (TPSA) is 68.5 Å². The minimum atomic E-state index is -0.498. The highest BCUT2D eigenvalue weighted by Gasteiger charge is 2.14. The Labute approximate surface area is 137 Å². The third-order valence-electron chi connectivity index (χ3n) is 3.70. The Morgan fingerprint density at radius 3 is 2.78 bits per heavy atom. The van der Waals surface area contributed by atoms with Gasteiger partial charge in [-0.3, -0.25) is 5.32 Å². The fraction of sp³-hybridized carbons (Fsp3) is 0.444. The summed E-state index contributed by atoms with van der Waals surface area (Å²) in [7, 11) is 1.31. The van der Waals surface area contributed by atoms with Crippen molar-refractivity contribution in [3.05, 3.63) is 52.2 Å². The molecule has 1 atom stereocenters. The smallest absolute Gasteiger partial charge is 0.410 e. The molecule has 0 aliphatic rings. The summed E-state index contributed by atoms with van der Waals surface area (Å²) < 4.78 is 9.91. The number of carbonyl (C=O) groups is 1. The number of rotatable bonds is 7. The standard InChI is InChI=1S/C18H25NO4/c1-6-12(2)16-14(4)11-15(23-17(16)20)13(3)9-7-8-10-19-18(21)22-5/h8,10-11,13H,2,6-7,9H2,1,3-5H3,(H,19,21)/b10-8+. The molecule has 0 spiro atoms. The van der Waals surface area contributed by atoms with Gasteiger partial charge in [0.05, 0.1) is 12.7 Å². The number of carbonyl (C=O) groups excluding carboxylic acids is 1. The van der Waals surface area contributed by atoms with E-state index < -0.39 is 6.09 Å². The number of methoxy groups -OCH3 is 1. The van der Waals surface area contributed by atoms with Gasteiger partial charge in [-0.15, -0.1) is 0 Å². The Hall–Kier alpha value is -2.30. The quantitative estimate of drug-likeness (QED) is 0.820. The molecule has 1 unspecified atom stereocenters. The Balaban J connectivity index is 2.71. The predicted octanol–water partition coefficient (Wildman–Crippen LogP) is 4.12. The molecule has 0 bridgehead atoms. The van der Waals surface area contributed by atoms with E-state index in [1.54, 1.807) is 6.20 Å². The zero-order chi connectivity index (χ0) is 17.4. The van der Waals surface area contributed by atoms with Crippen molar-refractivity contribution in [1.82, 2.24) is 5.32 Å². The van der Waals surface area contributed by atoms with E-state index in [2.05, 4.69) is 16.6 Å². The van der Waals surface area contributed by atoms with Gasteiger partial charge in [-0.05, 0) is 43.4 Å². The largest absolute Gasteiger partial charge is 0.453 e. The molecule has 1 heterocycles. The van der Waals surface area contributed by atoms with Gasteiger partial charge >= 0.3 is 11.7 Å². The van der Waals surface area contributed by atoms with Crippen LogP contribution in [0.4, 0.5) is 4.79 Å². The summed E-state index contributed by atoms with van der Waals surface area (Å²) in [6.45, 7) is 9.80. The van der Waals surface area contributed by atoms with Gasteiger partial charge in [0.2, 0.25) is 0 Å². The van der Waals surface area contributed by atoms with Crippen molar-refractivity contribution >= 4 is 11.7 Å². The Bertz CT molecular complexity index is 643. The lowest BCUT2D eigenvalue weighted by atomic mass is 9.97. The third-order valence-corrected chi connectivity index (χ3v) is 3.70. The average molecular weight is 319 g/mol. The third kappa shape index (κ3) is 5.43. The van der Waals surface area contributed by atoms with E-state index in [-0.39, 0.29) is 11.5 Å². The summed E-state index contributed by atoms with van der Waals surface area (Å²) >= 11 is 0. The van der Waals surface area contributed by atoms with Gasteiger partial charge in [-0.2, -0.15) is 0 Å². The van der Waals surface area contributed by atoms with Crippen LogP contribution in [0.5, 0.6) is 0 Å². The first-order valence-electron chi connectivity index (χ1n) is 7.72. The van der Waals surface area contributed by atoms with Crippen molar-refractivity contribution in [2.24, 2.45) is 0 Å². The van der Waals surface area contributed by atoms with Crippen LogP contribution >= 0.6 is 0 Å². The first kappa shape index (κ1) is 18.7. The lowest BCUT2D eigenvalue weighted by Gasteiger charge is -2.12. The van der Waals surface area contributed by atoms with E-state index in [9.17, 15) is 9.59 Å². The molecule has 0 saturated heterocycles. The average Bonchev–Trinajstić information content (AvgIpc) is 2.52. The molecule has 1 aromatic heterocycles. The van der Waals surface area contributed by atoms with Crippen molar-refractivity contribution in [2.45, 2.75) is 46.0 Å². The summed E-state index contributed by atoms with van der Waals surface area (Å²) in [5.41, 5.74) is 1.97. The first-order chi connectivity index (χ1) is 10.9. The van der Waals surface area contributed by atoms with Gasteiger partial charge < -0.3 is 9.15 Å². The minimum Gasteiger partial charge on any atom is -0.453 e. The molecular formula is C18H25NO4. The van der Waals surface area contributed by atoms with E-state index in [0.29, 0.717) is 11.3 Å². The summed E-state index contributed by atoms with van der Waals surface area (Å²) in [4.78, 5) is 23.0. The Morgan fingerprint density at radius 2 is 2.22 bits per heavy atom. The molecule has 23 heavy (non-hydrogen) atoms. The van der Waals surface area contributed by atoms with E-state index >= 15 is 0 Å². The number of alkyl carbamates (subject to hydrolysis) is 1. The molecule has 5 nitrogen and oxygen atoms in total. The summed E-state index contributed by atoms with van der Waals surface area (Å²) in [6, 6.07) is 1.92. The van der Waals surface area contributed by atoms with Gasteiger partial charge in [-0.25, -0.2) is 9.59 Å². The number of ether oxygens (including phenoxy) is 1. The maximum absolute atomic E-state index is 12.1. The van der Waals surface area contributed by atoms with Crippen molar-refractivity contribution in [3.63, 3.8) is 0 Å². The molecule has 0 saturated carbocycles. The Morgan fingerprint density at radius 1 is 1.52 bits per heavy atom. The summed E-state index contributed by atoms with van der Waals surface area (Å²) in [5.74, 6) is 0.780. The molecule has 1 N–H and O–H groups in total. The summed E-state index contributed by atoms with van der Waals surface area (Å²) in [5, 5.41) is 2.47. The van der Waals surface area contributed by atoms with Gasteiger partial charge in [0.25, 0.3) is 0 Å². The van der Waals surface area contributed by atoms with Crippen LogP contribution in [0.15, 0.2) is 34.1 Å². The summed E-state index contributed by atoms with van der Waals surface area (Å²) in [6.07, 6.45) is 5.16. The number of amides is 1. The maximum Gasteiger partial charge on any atom is 0.410 e. The van der Waals surface area contributed by atoms with Crippen LogP contribution in [-0.4, -0.2) is 13.2 Å². The second-order valence-electron chi connectivity index (χ2n) is 5.47. The lowest BCUT2D eigenvalue weighted by molar-refractivity contribution is 0.175. The van der Waals surface area contributed by atoms with Crippen molar-refractivity contribution in [3.8, 4) is 0 Å². The maximum atomic E-state index is 12.1. The number of allylic oxidation sites excluding steroid dienone is 2. The van der Waals surface area contributed by atoms with Crippen LogP contribution in [0.1, 0.15) is 55.9 Å². The fourth-order valence-corrected chi connectivity index (χ4v) is 2.23. The molecule has 0 fully saturated rings. The second-order valence-corrected chi connectivity index (χ2v) is 5.47. The van der Waals surface area contributed by atoms with E-state index in [0.717, 1.165) is 30.4 Å². The van der Waals surface area contributed by atoms with Crippen molar-refractivity contribution < 1.29 is 13.9 Å². The van der Waals surface area contributed by atoms with Crippen LogP contribution < -0.4 is 10.9 Å². The molecule has 0 aliphatic carbocycles. The fourth-order valence-electron chi connectivity index (χ4n) is 2.23. The molecule has 1 aromatic rings. The monoisotopic (exact) mass is 319 g/mol. The molecular weight excluding hydrogens is 294 g/mol. The first-order valence-corrected chi connectivity index (χ1v) is 7.72. The van der Waals surface area contributed by atoms with Crippen LogP contribution in [-0.2, 0) is 4.74 Å². The van der Waals surface area contributed by atoms with E-state index in [1.165, 1.54) is 7.11 Å². The molecule has 1 rings (SSSR count). The zero-order valence-electron chi connectivity index (χ0n) is 14.3. The normalized spacial score (nSPS) is 12.2. The second kappa shape index (κ2) is 8.98. The van der Waals surface area contributed by atoms with Crippen LogP contribution in [0, 0.1) is 6.92 Å². The van der Waals surface area contributed by atoms with Gasteiger partial charge in [0.15, 0.2) is 0 Å². The minimum absolute atomic E-state index is 0.105. The van der Waals surface area contributed by atoms with Gasteiger partial charge in [-0.1, -0.05) is 26.5 Å². The molecule has 0 aliphatic heterocycles. The van der Waals surface area contributed by atoms with Crippen molar-refractivity contribution in [1.29, 1.82) is 0 Å². The van der Waals surface area contributed by atoms with E-state index in [4.69, 9.17) is 4.42 Å². The highest BCUT2D eigenvalue weighted by atomic mass is 16.5. The highest BCUT2D eigenvalue weighted by molar-refractivity contribution is 5.68. The lowest BCUT2D eigenvalue weighted by Crippen LogP contribution is -2.16. The number of nitrogens with one attached hydrogen (secondary N) is 1. The van der Waals surface area contributed by atoms with Crippen LogP contribution in [0.25, 0.3) is 5.57 Å². The molecule has 126 valence electrons. The zero-order valence-corrected chi connectivity index (χ0v) is 14.3. The van der Waals surface area contributed by atoms with Crippen LogP contribution in [0.2, 0.25) is 0 Å². The van der Waals surface area contributed by atoms with Gasteiger partial charge in [0, 0.05) is 12.1 Å². The van der Waals surface area contributed by atoms with Crippen molar-refractivity contribution in [2.75, 3.05) is 7.11 Å². The predicted molar refractivity (Wildman–Crippen MR) is 91.4 cm³/mol. The Kier molecular flexibility index (Phi) is 7.32. The molecule has 0 radical (unpaired) electrons. The molecule has 0 aromatic carbocycles. The highest BCUT2D eigenvalue weighted by Crippen LogP contribution is 2.24. The SMILES string of the molecule is C=C(CC)c1c(C)cc(C(C)CC/C=C/NC(=O)OC)oc1=O.